The van der Waals surface area contributed by atoms with Crippen molar-refractivity contribution in [1.82, 2.24) is 9.88 Å². The van der Waals surface area contributed by atoms with Crippen LogP contribution in [0.5, 0.6) is 0 Å². The van der Waals surface area contributed by atoms with Crippen molar-refractivity contribution in [3.8, 4) is 10.6 Å². The van der Waals surface area contributed by atoms with E-state index in [4.69, 9.17) is 4.74 Å². The van der Waals surface area contributed by atoms with E-state index in [1.54, 1.807) is 11.8 Å². The largest absolute Gasteiger partial charge is 0.503 e. The molecule has 8 heteroatoms. The molecule has 1 saturated heterocycles. The van der Waals surface area contributed by atoms with Crippen LogP contribution >= 0.6 is 11.3 Å². The smallest absolute Gasteiger partial charge is 0.290 e. The van der Waals surface area contributed by atoms with Crippen molar-refractivity contribution in [2.45, 2.75) is 45.8 Å². The highest BCUT2D eigenvalue weighted by Crippen LogP contribution is 2.42. The maximum absolute atomic E-state index is 14.0. The average molecular weight is 532 g/mol. The fourth-order valence-corrected chi connectivity index (χ4v) is 6.34. The van der Waals surface area contributed by atoms with Gasteiger partial charge in [0.15, 0.2) is 5.76 Å². The Labute approximate surface area is 227 Å². The Morgan fingerprint density at radius 1 is 1.13 bits per heavy atom. The third kappa shape index (κ3) is 4.86. The van der Waals surface area contributed by atoms with Crippen LogP contribution in [0.25, 0.3) is 10.6 Å². The predicted molar refractivity (Wildman–Crippen MR) is 150 cm³/mol. The third-order valence-electron chi connectivity index (χ3n) is 7.33. The number of anilines is 1. The van der Waals surface area contributed by atoms with E-state index < -0.39 is 17.7 Å². The van der Waals surface area contributed by atoms with Crippen LogP contribution in [-0.4, -0.2) is 59.0 Å². The number of benzene rings is 2. The summed E-state index contributed by atoms with van der Waals surface area (Å²) in [5, 5.41) is 11.8. The van der Waals surface area contributed by atoms with Gasteiger partial charge in [-0.2, -0.15) is 0 Å². The first-order valence-corrected chi connectivity index (χ1v) is 14.0. The highest BCUT2D eigenvalue weighted by molar-refractivity contribution is 7.17. The van der Waals surface area contributed by atoms with Gasteiger partial charge in [0.05, 0.1) is 28.3 Å². The van der Waals surface area contributed by atoms with Crippen molar-refractivity contribution in [2.24, 2.45) is 0 Å². The van der Waals surface area contributed by atoms with Crippen LogP contribution in [0, 0.1) is 6.92 Å². The number of thiazole rings is 1. The van der Waals surface area contributed by atoms with Crippen LogP contribution in [0.1, 0.15) is 53.7 Å². The number of ketones is 1. The predicted octanol–water partition coefficient (Wildman–Crippen LogP) is 5.72. The molecular formula is C30H33N3O4S. The van der Waals surface area contributed by atoms with Crippen LogP contribution in [0.15, 0.2) is 65.9 Å². The molecule has 0 spiro atoms. The van der Waals surface area contributed by atoms with Gasteiger partial charge in [0.2, 0.25) is 5.78 Å². The molecule has 3 aromatic rings. The fraction of sp³-hybridized carbons (Fsp3) is 0.367. The maximum atomic E-state index is 14.0. The summed E-state index contributed by atoms with van der Waals surface area (Å²) >= 11 is 1.29. The molecule has 0 aliphatic carbocycles. The molecule has 5 rings (SSSR count). The van der Waals surface area contributed by atoms with Gasteiger partial charge in [-0.3, -0.25) is 9.59 Å². The van der Waals surface area contributed by atoms with Gasteiger partial charge in [0.25, 0.3) is 5.91 Å². The van der Waals surface area contributed by atoms with Crippen LogP contribution < -0.4 is 4.90 Å². The molecule has 2 unspecified atom stereocenters. The summed E-state index contributed by atoms with van der Waals surface area (Å²) in [5.41, 5.74) is 3.46. The topological polar surface area (TPSA) is 83.0 Å². The number of carbonyl (C=O) groups is 2. The van der Waals surface area contributed by atoms with Gasteiger partial charge < -0.3 is 19.6 Å². The molecule has 1 fully saturated rings. The van der Waals surface area contributed by atoms with Crippen molar-refractivity contribution in [3.05, 3.63) is 82.1 Å². The Morgan fingerprint density at radius 3 is 2.47 bits per heavy atom. The van der Waals surface area contributed by atoms with E-state index in [-0.39, 0.29) is 17.5 Å². The minimum absolute atomic E-state index is 0.106. The summed E-state index contributed by atoms with van der Waals surface area (Å²) in [7, 11) is 0. The molecule has 7 nitrogen and oxygen atoms in total. The van der Waals surface area contributed by atoms with Crippen LogP contribution in [0.3, 0.4) is 0 Å². The lowest BCUT2D eigenvalue weighted by Crippen LogP contribution is -2.37. The molecule has 1 amide bonds. The first-order valence-electron chi connectivity index (χ1n) is 13.2. The molecule has 1 N–H and O–H groups in total. The number of aryl methyl sites for hydroxylation is 1. The molecule has 2 atom stereocenters. The minimum atomic E-state index is -0.702. The summed E-state index contributed by atoms with van der Waals surface area (Å²) in [6, 6.07) is 16.9. The minimum Gasteiger partial charge on any atom is -0.503 e. The molecule has 3 heterocycles. The number of aliphatic hydroxyl groups is 1. The zero-order valence-electron chi connectivity index (χ0n) is 22.0. The Morgan fingerprint density at radius 2 is 1.84 bits per heavy atom. The lowest BCUT2D eigenvalue weighted by atomic mass is 9.94. The number of aromatic nitrogens is 1. The van der Waals surface area contributed by atoms with Crippen molar-refractivity contribution in [3.63, 3.8) is 0 Å². The normalized spacial score (nSPS) is 19.4. The highest BCUT2D eigenvalue weighted by atomic mass is 32.1. The first-order chi connectivity index (χ1) is 18.4. The maximum Gasteiger partial charge on any atom is 0.290 e. The van der Waals surface area contributed by atoms with Gasteiger partial charge in [0, 0.05) is 37.5 Å². The second-order valence-corrected chi connectivity index (χ2v) is 10.6. The number of carbonyl (C=O) groups excluding carboxylic acids is 2. The second kappa shape index (κ2) is 11.1. The summed E-state index contributed by atoms with van der Waals surface area (Å²) in [6.45, 7) is 8.73. The number of Topliss-reactive ketones (excluding diaryl/α,β-unsaturated/α-hetero) is 1. The van der Waals surface area contributed by atoms with E-state index in [0.29, 0.717) is 23.7 Å². The molecule has 1 aromatic heterocycles. The van der Waals surface area contributed by atoms with Crippen molar-refractivity contribution >= 4 is 28.7 Å². The van der Waals surface area contributed by atoms with E-state index in [9.17, 15) is 14.7 Å². The number of hydrogen-bond donors (Lipinski definition) is 1. The van der Waals surface area contributed by atoms with Crippen LogP contribution in [0.4, 0.5) is 5.69 Å². The summed E-state index contributed by atoms with van der Waals surface area (Å²) in [4.78, 5) is 36.3. The first kappa shape index (κ1) is 26.1. The lowest BCUT2D eigenvalue weighted by molar-refractivity contribution is -0.131. The Kier molecular flexibility index (Phi) is 7.63. The summed E-state index contributed by atoms with van der Waals surface area (Å²) < 4.78 is 5.82. The SMILES string of the molecule is CCN(CC)c1ccc(C2C(C(=O)c3sc(-c4ccccc4)nc3C)=C(O)C(=O)N2CC2CCCO2)cc1. The Balaban J connectivity index is 1.54. The van der Waals surface area contributed by atoms with Gasteiger partial charge in [-0.25, -0.2) is 4.98 Å². The Hall–Kier alpha value is -3.49. The van der Waals surface area contributed by atoms with E-state index >= 15 is 0 Å². The number of amides is 1. The van der Waals surface area contributed by atoms with Gasteiger partial charge in [-0.15, -0.1) is 11.3 Å². The third-order valence-corrected chi connectivity index (χ3v) is 8.54. The molecule has 2 aromatic carbocycles. The van der Waals surface area contributed by atoms with Gasteiger partial charge in [0.1, 0.15) is 5.01 Å². The Bertz CT molecular complexity index is 1340. The van der Waals surface area contributed by atoms with Crippen molar-refractivity contribution < 1.29 is 19.4 Å². The van der Waals surface area contributed by atoms with E-state index in [2.05, 4.69) is 23.7 Å². The highest BCUT2D eigenvalue weighted by Gasteiger charge is 2.45. The molecule has 38 heavy (non-hydrogen) atoms. The van der Waals surface area contributed by atoms with E-state index in [1.165, 1.54) is 11.3 Å². The van der Waals surface area contributed by atoms with E-state index in [0.717, 1.165) is 47.8 Å². The summed E-state index contributed by atoms with van der Waals surface area (Å²) in [5.74, 6) is -1.38. The molecule has 2 aliphatic rings. The monoisotopic (exact) mass is 531 g/mol. The number of nitrogens with zero attached hydrogens (tertiary/aromatic N) is 3. The number of hydrogen-bond acceptors (Lipinski definition) is 7. The molecule has 2 aliphatic heterocycles. The van der Waals surface area contributed by atoms with Gasteiger partial charge in [-0.1, -0.05) is 42.5 Å². The molecule has 0 radical (unpaired) electrons. The quantitative estimate of drug-likeness (QED) is 0.356. The zero-order valence-corrected chi connectivity index (χ0v) is 22.8. The number of ether oxygens (including phenoxy) is 1. The summed E-state index contributed by atoms with van der Waals surface area (Å²) in [6.07, 6.45) is 1.66. The van der Waals surface area contributed by atoms with E-state index in [1.807, 2.05) is 54.6 Å². The van der Waals surface area contributed by atoms with Crippen LogP contribution in [-0.2, 0) is 9.53 Å². The molecule has 198 valence electrons. The zero-order chi connectivity index (χ0) is 26.8. The van der Waals surface area contributed by atoms with Gasteiger partial charge >= 0.3 is 0 Å². The van der Waals surface area contributed by atoms with Gasteiger partial charge in [-0.05, 0) is 51.3 Å². The number of aliphatic hydroxyl groups excluding tert-OH is 1. The molecule has 0 bridgehead atoms. The van der Waals surface area contributed by atoms with Crippen molar-refractivity contribution in [2.75, 3.05) is 31.1 Å². The van der Waals surface area contributed by atoms with Crippen molar-refractivity contribution in [1.29, 1.82) is 0 Å². The fourth-order valence-electron chi connectivity index (χ4n) is 5.32. The second-order valence-electron chi connectivity index (χ2n) is 9.65. The molecular weight excluding hydrogens is 498 g/mol. The van der Waals surface area contributed by atoms with Crippen LogP contribution in [0.2, 0.25) is 0 Å². The average Bonchev–Trinajstić information content (AvgIpc) is 3.66. The standard InChI is InChI=1S/C30H33N3O4S/c1-4-32(5-2)22-15-13-20(14-16-22)25-24(27(35)30(36)33(25)18-23-12-9-17-37-23)26(34)28-19(3)31-29(38-28)21-10-7-6-8-11-21/h6-8,10-11,13-16,23,25,35H,4-5,9,12,17-18H2,1-3H3. The lowest BCUT2D eigenvalue weighted by Gasteiger charge is -2.29. The number of rotatable bonds is 9. The molecule has 0 saturated carbocycles.